The summed E-state index contributed by atoms with van der Waals surface area (Å²) in [6.07, 6.45) is 4.97. The van der Waals surface area contributed by atoms with Gasteiger partial charge >= 0.3 is 5.97 Å². The van der Waals surface area contributed by atoms with Gasteiger partial charge in [0.05, 0.1) is 6.42 Å². The fraction of sp³-hybridized carbons (Fsp3) is 0.923. The standard InChI is InChI=1S/C13H24N2O2/c1-10-7-12(9-14(10)2)15-6-4-3-5-11(15)8-13(16)17/h10-12H,3-9H2,1-2H3,(H,16,17). The highest BCUT2D eigenvalue weighted by Gasteiger charge is 2.35. The smallest absolute Gasteiger partial charge is 0.304 e. The van der Waals surface area contributed by atoms with E-state index >= 15 is 0 Å². The van der Waals surface area contributed by atoms with Gasteiger partial charge in [-0.3, -0.25) is 9.69 Å². The quantitative estimate of drug-likeness (QED) is 0.810. The lowest BCUT2D eigenvalue weighted by atomic mass is 9.96. The van der Waals surface area contributed by atoms with E-state index in [0.717, 1.165) is 19.5 Å². The summed E-state index contributed by atoms with van der Waals surface area (Å²) in [7, 11) is 2.17. The first-order chi connectivity index (χ1) is 8.08. The molecule has 17 heavy (non-hydrogen) atoms. The van der Waals surface area contributed by atoms with E-state index in [9.17, 15) is 4.79 Å². The molecule has 2 saturated heterocycles. The molecule has 0 aromatic heterocycles. The van der Waals surface area contributed by atoms with Crippen LogP contribution in [0.5, 0.6) is 0 Å². The minimum absolute atomic E-state index is 0.268. The third-order valence-corrected chi connectivity index (χ3v) is 4.42. The van der Waals surface area contributed by atoms with Crippen LogP contribution in [-0.2, 0) is 4.79 Å². The summed E-state index contributed by atoms with van der Waals surface area (Å²) in [5.41, 5.74) is 0. The Kier molecular flexibility index (Phi) is 4.05. The summed E-state index contributed by atoms with van der Waals surface area (Å²) in [5, 5.41) is 8.99. The molecule has 2 rings (SSSR count). The highest BCUT2D eigenvalue weighted by molar-refractivity contribution is 5.67. The molecule has 0 aromatic rings. The predicted octanol–water partition coefficient (Wildman–Crippen LogP) is 1.41. The zero-order valence-electron chi connectivity index (χ0n) is 10.9. The number of nitrogens with zero attached hydrogens (tertiary/aromatic N) is 2. The minimum atomic E-state index is -0.652. The molecular formula is C13H24N2O2. The second kappa shape index (κ2) is 5.36. The maximum absolute atomic E-state index is 10.9. The molecule has 0 spiro atoms. The van der Waals surface area contributed by atoms with Crippen molar-refractivity contribution in [2.24, 2.45) is 0 Å². The molecule has 3 unspecified atom stereocenters. The molecule has 2 heterocycles. The van der Waals surface area contributed by atoms with Gasteiger partial charge in [0.2, 0.25) is 0 Å². The molecule has 0 amide bonds. The van der Waals surface area contributed by atoms with Gasteiger partial charge in [0.25, 0.3) is 0 Å². The van der Waals surface area contributed by atoms with Crippen molar-refractivity contribution in [3.63, 3.8) is 0 Å². The van der Waals surface area contributed by atoms with Gasteiger partial charge in [-0.2, -0.15) is 0 Å². The zero-order chi connectivity index (χ0) is 12.4. The van der Waals surface area contributed by atoms with Gasteiger partial charge in [-0.15, -0.1) is 0 Å². The molecule has 0 saturated carbocycles. The highest BCUT2D eigenvalue weighted by Crippen LogP contribution is 2.28. The fourth-order valence-corrected chi connectivity index (χ4v) is 3.33. The van der Waals surface area contributed by atoms with Gasteiger partial charge in [-0.1, -0.05) is 6.42 Å². The molecular weight excluding hydrogens is 216 g/mol. The molecule has 2 aliphatic rings. The average molecular weight is 240 g/mol. The minimum Gasteiger partial charge on any atom is -0.481 e. The van der Waals surface area contributed by atoms with Crippen LogP contribution in [0.15, 0.2) is 0 Å². The molecule has 0 radical (unpaired) electrons. The van der Waals surface area contributed by atoms with Crippen molar-refractivity contribution >= 4 is 5.97 Å². The number of likely N-dealkylation sites (tertiary alicyclic amines) is 2. The molecule has 2 aliphatic heterocycles. The maximum Gasteiger partial charge on any atom is 0.304 e. The summed E-state index contributed by atoms with van der Waals surface area (Å²) < 4.78 is 0. The van der Waals surface area contributed by atoms with Crippen LogP contribution in [-0.4, -0.2) is 59.1 Å². The van der Waals surface area contributed by atoms with Crippen molar-refractivity contribution in [2.75, 3.05) is 20.1 Å². The summed E-state index contributed by atoms with van der Waals surface area (Å²) in [4.78, 5) is 15.8. The summed E-state index contributed by atoms with van der Waals surface area (Å²) in [6.45, 7) is 4.44. The fourth-order valence-electron chi connectivity index (χ4n) is 3.33. The van der Waals surface area contributed by atoms with E-state index in [1.54, 1.807) is 0 Å². The Labute approximate surface area is 104 Å². The van der Waals surface area contributed by atoms with E-state index in [1.807, 2.05) is 0 Å². The van der Waals surface area contributed by atoms with Crippen LogP contribution in [0.1, 0.15) is 39.0 Å². The predicted molar refractivity (Wildman–Crippen MR) is 67.1 cm³/mol. The number of hydrogen-bond acceptors (Lipinski definition) is 3. The molecule has 0 aromatic carbocycles. The van der Waals surface area contributed by atoms with E-state index in [0.29, 0.717) is 18.5 Å². The lowest BCUT2D eigenvalue weighted by molar-refractivity contribution is -0.139. The number of piperidine rings is 1. The zero-order valence-corrected chi connectivity index (χ0v) is 10.9. The summed E-state index contributed by atoms with van der Waals surface area (Å²) >= 11 is 0. The molecule has 4 nitrogen and oxygen atoms in total. The number of carbonyl (C=O) groups is 1. The van der Waals surface area contributed by atoms with E-state index < -0.39 is 5.97 Å². The van der Waals surface area contributed by atoms with E-state index in [2.05, 4.69) is 23.8 Å². The van der Waals surface area contributed by atoms with Crippen molar-refractivity contribution in [3.8, 4) is 0 Å². The highest BCUT2D eigenvalue weighted by atomic mass is 16.4. The second-order valence-electron chi connectivity index (χ2n) is 5.66. The van der Waals surface area contributed by atoms with Crippen molar-refractivity contribution in [3.05, 3.63) is 0 Å². The number of aliphatic carboxylic acids is 1. The van der Waals surface area contributed by atoms with Gasteiger partial charge in [0, 0.05) is 24.7 Å². The second-order valence-corrected chi connectivity index (χ2v) is 5.66. The van der Waals surface area contributed by atoms with Gasteiger partial charge in [-0.25, -0.2) is 0 Å². The molecule has 98 valence electrons. The maximum atomic E-state index is 10.9. The number of hydrogen-bond donors (Lipinski definition) is 1. The van der Waals surface area contributed by atoms with E-state index in [1.165, 1.54) is 19.3 Å². The number of carboxylic acid groups (broad SMARTS) is 1. The van der Waals surface area contributed by atoms with Crippen LogP contribution in [0, 0.1) is 0 Å². The molecule has 2 fully saturated rings. The molecule has 0 aliphatic carbocycles. The van der Waals surface area contributed by atoms with Crippen molar-refractivity contribution in [1.29, 1.82) is 0 Å². The van der Waals surface area contributed by atoms with Crippen LogP contribution < -0.4 is 0 Å². The number of rotatable bonds is 3. The van der Waals surface area contributed by atoms with Crippen LogP contribution in [0.4, 0.5) is 0 Å². The van der Waals surface area contributed by atoms with Crippen LogP contribution >= 0.6 is 0 Å². The number of likely N-dealkylation sites (N-methyl/N-ethyl adjacent to an activating group) is 1. The SMILES string of the molecule is CC1CC(N2CCCCC2CC(=O)O)CN1C. The third kappa shape index (κ3) is 2.99. The van der Waals surface area contributed by atoms with Crippen molar-refractivity contribution < 1.29 is 9.90 Å². The normalized spacial score (nSPS) is 36.2. The molecule has 4 heteroatoms. The average Bonchev–Trinajstić information content (AvgIpc) is 2.59. The molecule has 3 atom stereocenters. The van der Waals surface area contributed by atoms with Crippen molar-refractivity contribution in [1.82, 2.24) is 9.80 Å². The Morgan fingerprint density at radius 2 is 2.18 bits per heavy atom. The van der Waals surface area contributed by atoms with Crippen LogP contribution in [0.25, 0.3) is 0 Å². The Morgan fingerprint density at radius 3 is 2.76 bits per heavy atom. The molecule has 1 N–H and O–H groups in total. The Morgan fingerprint density at radius 1 is 1.41 bits per heavy atom. The number of carboxylic acids is 1. The van der Waals surface area contributed by atoms with Gasteiger partial charge < -0.3 is 10.0 Å². The first kappa shape index (κ1) is 12.8. The van der Waals surface area contributed by atoms with E-state index in [4.69, 9.17) is 5.11 Å². The van der Waals surface area contributed by atoms with Gasteiger partial charge in [0.15, 0.2) is 0 Å². The monoisotopic (exact) mass is 240 g/mol. The first-order valence-corrected chi connectivity index (χ1v) is 6.75. The van der Waals surface area contributed by atoms with Crippen LogP contribution in [0.2, 0.25) is 0 Å². The topological polar surface area (TPSA) is 43.8 Å². The Hall–Kier alpha value is -0.610. The summed E-state index contributed by atoms with van der Waals surface area (Å²) in [5.74, 6) is -0.652. The molecule has 0 bridgehead atoms. The van der Waals surface area contributed by atoms with Crippen molar-refractivity contribution in [2.45, 2.75) is 57.2 Å². The summed E-state index contributed by atoms with van der Waals surface area (Å²) in [6, 6.07) is 1.47. The Balaban J connectivity index is 1.99. The largest absolute Gasteiger partial charge is 0.481 e. The van der Waals surface area contributed by atoms with E-state index in [-0.39, 0.29) is 6.04 Å². The first-order valence-electron chi connectivity index (χ1n) is 6.75. The van der Waals surface area contributed by atoms with Gasteiger partial charge in [-0.05, 0) is 39.8 Å². The lowest BCUT2D eigenvalue weighted by Gasteiger charge is -2.39. The lowest BCUT2D eigenvalue weighted by Crippen LogP contribution is -2.48. The third-order valence-electron chi connectivity index (χ3n) is 4.42. The van der Waals surface area contributed by atoms with Gasteiger partial charge in [0.1, 0.15) is 0 Å². The Bertz CT molecular complexity index is 273. The van der Waals surface area contributed by atoms with Crippen LogP contribution in [0.3, 0.4) is 0 Å².